The van der Waals surface area contributed by atoms with Gasteiger partial charge in [-0.15, -0.1) is 0 Å². The molecule has 0 bridgehead atoms. The lowest BCUT2D eigenvalue weighted by atomic mass is 10.1. The number of rotatable bonds is 3. The fourth-order valence-electron chi connectivity index (χ4n) is 2.12. The zero-order valence-electron chi connectivity index (χ0n) is 12.8. The Morgan fingerprint density at radius 1 is 1.20 bits per heavy atom. The van der Waals surface area contributed by atoms with Crippen molar-refractivity contribution in [2.45, 2.75) is 46.7 Å². The second-order valence-electron chi connectivity index (χ2n) is 6.22. The number of nitrogens with zero attached hydrogens (tertiary/aromatic N) is 2. The Balaban J connectivity index is 2.41. The number of aryl methyl sites for hydroxylation is 2. The van der Waals surface area contributed by atoms with Crippen LogP contribution in [0.2, 0.25) is 5.02 Å². The predicted molar refractivity (Wildman–Crippen MR) is 84.6 cm³/mol. The van der Waals surface area contributed by atoms with E-state index < -0.39 is 0 Å². The average Bonchev–Trinajstić information content (AvgIpc) is 2.65. The van der Waals surface area contributed by atoms with Crippen molar-refractivity contribution in [3.63, 3.8) is 0 Å². The molecular formula is C16H22ClN3. The minimum Gasteiger partial charge on any atom is -0.308 e. The average molecular weight is 292 g/mol. The normalized spacial score (nSPS) is 11.9. The van der Waals surface area contributed by atoms with Crippen molar-refractivity contribution in [2.75, 3.05) is 0 Å². The Bertz CT molecular complexity index is 609. The maximum Gasteiger partial charge on any atom is 0.0708 e. The predicted octanol–water partition coefficient (Wildman–Crippen LogP) is 4.03. The fourth-order valence-corrected chi connectivity index (χ4v) is 2.28. The second kappa shape index (κ2) is 5.58. The molecular weight excluding hydrogens is 270 g/mol. The molecule has 0 aliphatic carbocycles. The van der Waals surface area contributed by atoms with Crippen LogP contribution in [0.15, 0.2) is 24.3 Å². The minimum absolute atomic E-state index is 0.0754. The summed E-state index contributed by atoms with van der Waals surface area (Å²) in [6.07, 6.45) is 0. The Hall–Kier alpha value is -1.32. The Morgan fingerprint density at radius 2 is 1.90 bits per heavy atom. The molecule has 0 spiro atoms. The van der Waals surface area contributed by atoms with Crippen molar-refractivity contribution in [1.29, 1.82) is 0 Å². The fraction of sp³-hybridized carbons (Fsp3) is 0.438. The highest BCUT2D eigenvalue weighted by atomic mass is 35.5. The summed E-state index contributed by atoms with van der Waals surface area (Å²) >= 11 is 6.15. The van der Waals surface area contributed by atoms with E-state index in [1.807, 2.05) is 23.7 Å². The molecule has 0 unspecified atom stereocenters. The van der Waals surface area contributed by atoms with E-state index in [1.54, 1.807) is 0 Å². The third kappa shape index (κ3) is 3.62. The molecule has 1 heterocycles. The van der Waals surface area contributed by atoms with Crippen LogP contribution in [0.1, 0.15) is 37.7 Å². The Kier molecular flexibility index (Phi) is 4.21. The zero-order valence-corrected chi connectivity index (χ0v) is 13.5. The first-order chi connectivity index (χ1) is 9.26. The number of hydrogen-bond donors (Lipinski definition) is 1. The maximum absolute atomic E-state index is 6.15. The van der Waals surface area contributed by atoms with Crippen LogP contribution >= 0.6 is 11.6 Å². The summed E-state index contributed by atoms with van der Waals surface area (Å²) in [6, 6.07) is 8.03. The monoisotopic (exact) mass is 291 g/mol. The highest BCUT2D eigenvalue weighted by molar-refractivity contribution is 6.30. The summed E-state index contributed by atoms with van der Waals surface area (Å²) in [5.74, 6) is 0. The molecule has 0 radical (unpaired) electrons. The van der Waals surface area contributed by atoms with E-state index in [0.29, 0.717) is 0 Å². The van der Waals surface area contributed by atoms with Crippen molar-refractivity contribution >= 4 is 11.6 Å². The number of benzene rings is 1. The van der Waals surface area contributed by atoms with Crippen LogP contribution in [0.4, 0.5) is 0 Å². The molecule has 1 aromatic heterocycles. The van der Waals surface area contributed by atoms with Gasteiger partial charge in [0, 0.05) is 22.8 Å². The van der Waals surface area contributed by atoms with Crippen LogP contribution in [-0.4, -0.2) is 15.3 Å². The summed E-state index contributed by atoms with van der Waals surface area (Å²) in [4.78, 5) is 0. The molecule has 0 atom stereocenters. The number of hydrogen-bond acceptors (Lipinski definition) is 2. The maximum atomic E-state index is 6.15. The van der Waals surface area contributed by atoms with Gasteiger partial charge in [-0.3, -0.25) is 0 Å². The van der Waals surface area contributed by atoms with E-state index >= 15 is 0 Å². The van der Waals surface area contributed by atoms with Crippen LogP contribution in [0, 0.1) is 13.8 Å². The Labute approximate surface area is 126 Å². The molecule has 0 amide bonds. The SMILES string of the molecule is Cc1cc(C)n(-c2cc(Cl)ccc2CNC(C)(C)C)n1. The van der Waals surface area contributed by atoms with Gasteiger partial charge in [-0.05, 0) is 58.4 Å². The van der Waals surface area contributed by atoms with E-state index in [0.717, 1.165) is 28.6 Å². The van der Waals surface area contributed by atoms with E-state index in [-0.39, 0.29) is 5.54 Å². The van der Waals surface area contributed by atoms with Gasteiger partial charge in [-0.2, -0.15) is 5.10 Å². The molecule has 0 saturated carbocycles. The largest absolute Gasteiger partial charge is 0.308 e. The van der Waals surface area contributed by atoms with Gasteiger partial charge in [0.15, 0.2) is 0 Å². The number of halogens is 1. The number of aromatic nitrogens is 2. The molecule has 0 fully saturated rings. The van der Waals surface area contributed by atoms with Crippen molar-refractivity contribution in [3.8, 4) is 5.69 Å². The van der Waals surface area contributed by atoms with Gasteiger partial charge in [0.1, 0.15) is 0 Å². The van der Waals surface area contributed by atoms with Crippen molar-refractivity contribution in [2.24, 2.45) is 0 Å². The lowest BCUT2D eigenvalue weighted by Crippen LogP contribution is -2.35. The van der Waals surface area contributed by atoms with E-state index in [2.05, 4.69) is 50.2 Å². The molecule has 1 aromatic carbocycles. The first-order valence-corrected chi connectivity index (χ1v) is 7.21. The molecule has 3 nitrogen and oxygen atoms in total. The summed E-state index contributed by atoms with van der Waals surface area (Å²) < 4.78 is 1.96. The van der Waals surface area contributed by atoms with E-state index in [9.17, 15) is 0 Å². The first kappa shape index (κ1) is 15.1. The second-order valence-corrected chi connectivity index (χ2v) is 6.65. The summed E-state index contributed by atoms with van der Waals surface area (Å²) in [6.45, 7) is 11.3. The third-order valence-electron chi connectivity index (χ3n) is 3.09. The molecule has 1 N–H and O–H groups in total. The van der Waals surface area contributed by atoms with Gasteiger partial charge in [-0.1, -0.05) is 17.7 Å². The van der Waals surface area contributed by atoms with Crippen LogP contribution in [0.25, 0.3) is 5.69 Å². The third-order valence-corrected chi connectivity index (χ3v) is 3.33. The molecule has 108 valence electrons. The lowest BCUT2D eigenvalue weighted by Gasteiger charge is -2.22. The highest BCUT2D eigenvalue weighted by Gasteiger charge is 2.13. The lowest BCUT2D eigenvalue weighted by molar-refractivity contribution is 0.424. The molecule has 0 aliphatic rings. The topological polar surface area (TPSA) is 29.9 Å². The van der Waals surface area contributed by atoms with Crippen LogP contribution in [0.5, 0.6) is 0 Å². The molecule has 20 heavy (non-hydrogen) atoms. The van der Waals surface area contributed by atoms with Gasteiger partial charge >= 0.3 is 0 Å². The highest BCUT2D eigenvalue weighted by Crippen LogP contribution is 2.22. The zero-order chi connectivity index (χ0) is 14.9. The molecule has 4 heteroatoms. The quantitative estimate of drug-likeness (QED) is 0.925. The summed E-state index contributed by atoms with van der Waals surface area (Å²) in [5, 5.41) is 8.80. The van der Waals surface area contributed by atoms with Crippen molar-refractivity contribution < 1.29 is 0 Å². The standard InChI is InChI=1S/C16H22ClN3/c1-11-8-12(2)20(19-11)15-9-14(17)7-6-13(15)10-18-16(3,4)5/h6-9,18H,10H2,1-5H3. The first-order valence-electron chi connectivity index (χ1n) is 6.83. The molecule has 0 saturated heterocycles. The van der Waals surface area contributed by atoms with Gasteiger partial charge < -0.3 is 5.32 Å². The molecule has 2 aromatic rings. The van der Waals surface area contributed by atoms with Gasteiger partial charge in [0.05, 0.1) is 11.4 Å². The summed E-state index contributed by atoms with van der Waals surface area (Å²) in [7, 11) is 0. The van der Waals surface area contributed by atoms with Crippen LogP contribution in [0.3, 0.4) is 0 Å². The van der Waals surface area contributed by atoms with E-state index in [1.165, 1.54) is 5.56 Å². The number of nitrogens with one attached hydrogen (secondary N) is 1. The Morgan fingerprint density at radius 3 is 2.45 bits per heavy atom. The van der Waals surface area contributed by atoms with Crippen LogP contribution in [-0.2, 0) is 6.54 Å². The smallest absolute Gasteiger partial charge is 0.0708 e. The van der Waals surface area contributed by atoms with E-state index in [4.69, 9.17) is 11.6 Å². The molecule has 2 rings (SSSR count). The summed E-state index contributed by atoms with van der Waals surface area (Å²) in [5.41, 5.74) is 4.43. The van der Waals surface area contributed by atoms with Crippen LogP contribution < -0.4 is 5.32 Å². The van der Waals surface area contributed by atoms with Gasteiger partial charge in [0.25, 0.3) is 0 Å². The van der Waals surface area contributed by atoms with Crippen molar-refractivity contribution in [1.82, 2.24) is 15.1 Å². The molecule has 0 aliphatic heterocycles. The minimum atomic E-state index is 0.0754. The van der Waals surface area contributed by atoms with Gasteiger partial charge in [0.2, 0.25) is 0 Å². The van der Waals surface area contributed by atoms with Crippen molar-refractivity contribution in [3.05, 3.63) is 46.2 Å². The van der Waals surface area contributed by atoms with Gasteiger partial charge in [-0.25, -0.2) is 4.68 Å².